The van der Waals surface area contributed by atoms with Crippen molar-refractivity contribution in [2.75, 3.05) is 25.9 Å². The number of halogens is 1. The predicted octanol–water partition coefficient (Wildman–Crippen LogP) is 2.31. The van der Waals surface area contributed by atoms with Gasteiger partial charge in [-0.05, 0) is 57.9 Å². The summed E-state index contributed by atoms with van der Waals surface area (Å²) in [5.41, 5.74) is -1.21. The van der Waals surface area contributed by atoms with Gasteiger partial charge in [0.15, 0.2) is 0 Å². The summed E-state index contributed by atoms with van der Waals surface area (Å²) in [5, 5.41) is 3.40. The third kappa shape index (κ3) is 5.49. The lowest BCUT2D eigenvalue weighted by atomic mass is 9.83. The molecular formula is C15H29FN2O2S. The third-order valence-electron chi connectivity index (χ3n) is 4.75. The van der Waals surface area contributed by atoms with E-state index in [-0.39, 0.29) is 12.0 Å². The van der Waals surface area contributed by atoms with Crippen molar-refractivity contribution in [1.29, 1.82) is 0 Å². The standard InChI is InChI=1S/C15H29FN2O2S/c1-15(16,11-14-7-3-4-8-17-14)10-13-6-5-9-18(12-13)21(2,19)20/h13-14,17H,3-12H2,1-2H3. The summed E-state index contributed by atoms with van der Waals surface area (Å²) in [6, 6.07) is 0.281. The van der Waals surface area contributed by atoms with E-state index in [0.717, 1.165) is 25.8 Å². The van der Waals surface area contributed by atoms with E-state index in [2.05, 4.69) is 5.32 Å². The molecule has 2 aliphatic heterocycles. The van der Waals surface area contributed by atoms with Crippen LogP contribution in [-0.2, 0) is 10.0 Å². The summed E-state index contributed by atoms with van der Waals surface area (Å²) in [7, 11) is -3.14. The van der Waals surface area contributed by atoms with Gasteiger partial charge in [-0.1, -0.05) is 6.42 Å². The molecule has 0 amide bonds. The summed E-state index contributed by atoms with van der Waals surface area (Å²) < 4.78 is 39.7. The Morgan fingerprint density at radius 3 is 2.62 bits per heavy atom. The Kier molecular flexibility index (Phi) is 5.65. The van der Waals surface area contributed by atoms with E-state index in [9.17, 15) is 12.8 Å². The zero-order valence-electron chi connectivity index (χ0n) is 13.3. The lowest BCUT2D eigenvalue weighted by Gasteiger charge is -2.36. The summed E-state index contributed by atoms with van der Waals surface area (Å²) in [5.74, 6) is 0.145. The number of sulfonamides is 1. The SMILES string of the molecule is CC(F)(CC1CCCN(S(C)(=O)=O)C1)CC1CCCCN1. The van der Waals surface area contributed by atoms with Crippen molar-refractivity contribution in [3.8, 4) is 0 Å². The average molecular weight is 320 g/mol. The van der Waals surface area contributed by atoms with Gasteiger partial charge < -0.3 is 5.32 Å². The first-order chi connectivity index (χ1) is 9.76. The zero-order chi connectivity index (χ0) is 15.5. The number of rotatable bonds is 5. The lowest BCUT2D eigenvalue weighted by molar-refractivity contribution is 0.0939. The van der Waals surface area contributed by atoms with Crippen LogP contribution < -0.4 is 5.32 Å². The number of piperidine rings is 2. The van der Waals surface area contributed by atoms with Crippen molar-refractivity contribution < 1.29 is 12.8 Å². The van der Waals surface area contributed by atoms with Gasteiger partial charge in [0.1, 0.15) is 5.67 Å². The zero-order valence-corrected chi connectivity index (χ0v) is 14.1. The minimum Gasteiger partial charge on any atom is -0.314 e. The number of hydrogen-bond donors (Lipinski definition) is 1. The Morgan fingerprint density at radius 2 is 2.00 bits per heavy atom. The fourth-order valence-electron chi connectivity index (χ4n) is 3.79. The molecule has 6 heteroatoms. The van der Waals surface area contributed by atoms with Crippen molar-refractivity contribution >= 4 is 10.0 Å². The quantitative estimate of drug-likeness (QED) is 0.846. The predicted molar refractivity (Wildman–Crippen MR) is 83.5 cm³/mol. The monoisotopic (exact) mass is 320 g/mol. The summed E-state index contributed by atoms with van der Waals surface area (Å²) >= 11 is 0. The van der Waals surface area contributed by atoms with Crippen molar-refractivity contribution in [2.24, 2.45) is 5.92 Å². The van der Waals surface area contributed by atoms with Crippen LogP contribution in [0.3, 0.4) is 0 Å². The Balaban J connectivity index is 1.86. The van der Waals surface area contributed by atoms with Gasteiger partial charge in [0, 0.05) is 19.1 Å². The van der Waals surface area contributed by atoms with Gasteiger partial charge in [0.2, 0.25) is 10.0 Å². The van der Waals surface area contributed by atoms with Gasteiger partial charge in [-0.2, -0.15) is 0 Å². The van der Waals surface area contributed by atoms with E-state index in [0.29, 0.717) is 25.9 Å². The number of nitrogens with one attached hydrogen (secondary N) is 1. The Hall–Kier alpha value is -0.200. The highest BCUT2D eigenvalue weighted by Crippen LogP contribution is 2.33. The van der Waals surface area contributed by atoms with Gasteiger partial charge in [0.05, 0.1) is 6.26 Å². The molecule has 0 aromatic heterocycles. The van der Waals surface area contributed by atoms with Gasteiger partial charge in [-0.3, -0.25) is 0 Å². The van der Waals surface area contributed by atoms with Gasteiger partial charge in [-0.15, -0.1) is 0 Å². The van der Waals surface area contributed by atoms with Crippen LogP contribution in [0.5, 0.6) is 0 Å². The second-order valence-corrected chi connectivity index (χ2v) is 9.08. The molecule has 2 heterocycles. The number of alkyl halides is 1. The maximum Gasteiger partial charge on any atom is 0.211 e. The molecule has 0 saturated carbocycles. The highest BCUT2D eigenvalue weighted by atomic mass is 32.2. The first-order valence-corrected chi connectivity index (χ1v) is 9.98. The smallest absolute Gasteiger partial charge is 0.211 e. The van der Waals surface area contributed by atoms with Crippen LogP contribution in [0.15, 0.2) is 0 Å². The molecule has 0 spiro atoms. The maximum atomic E-state index is 14.9. The Bertz CT molecular complexity index is 433. The molecule has 2 saturated heterocycles. The normalized spacial score (nSPS) is 31.8. The molecule has 21 heavy (non-hydrogen) atoms. The van der Waals surface area contributed by atoms with E-state index in [1.54, 1.807) is 6.92 Å². The molecule has 0 bridgehead atoms. The van der Waals surface area contributed by atoms with Gasteiger partial charge in [-0.25, -0.2) is 17.1 Å². The largest absolute Gasteiger partial charge is 0.314 e. The number of nitrogens with zero attached hydrogens (tertiary/aromatic N) is 1. The second kappa shape index (κ2) is 6.92. The fourth-order valence-corrected chi connectivity index (χ4v) is 4.73. The second-order valence-electron chi connectivity index (χ2n) is 7.10. The highest BCUT2D eigenvalue weighted by Gasteiger charge is 2.34. The molecule has 3 atom stereocenters. The van der Waals surface area contributed by atoms with Crippen molar-refractivity contribution in [3.05, 3.63) is 0 Å². The third-order valence-corrected chi connectivity index (χ3v) is 6.02. The molecule has 2 rings (SSSR count). The Morgan fingerprint density at radius 1 is 1.24 bits per heavy atom. The summed E-state index contributed by atoms with van der Waals surface area (Å²) in [4.78, 5) is 0. The molecule has 0 aromatic rings. The molecule has 3 unspecified atom stereocenters. The minimum atomic E-state index is -3.14. The van der Waals surface area contributed by atoms with Crippen molar-refractivity contribution in [1.82, 2.24) is 9.62 Å². The number of hydrogen-bond acceptors (Lipinski definition) is 3. The van der Waals surface area contributed by atoms with Crippen molar-refractivity contribution in [3.63, 3.8) is 0 Å². The summed E-state index contributed by atoms with van der Waals surface area (Å²) in [6.45, 7) is 3.74. The topological polar surface area (TPSA) is 49.4 Å². The molecule has 124 valence electrons. The van der Waals surface area contributed by atoms with Crippen LogP contribution in [0.4, 0.5) is 4.39 Å². The maximum absolute atomic E-state index is 14.9. The van der Waals surface area contributed by atoms with Gasteiger partial charge >= 0.3 is 0 Å². The van der Waals surface area contributed by atoms with E-state index in [1.807, 2.05) is 0 Å². The summed E-state index contributed by atoms with van der Waals surface area (Å²) in [6.07, 6.45) is 7.46. The molecule has 0 aliphatic carbocycles. The molecule has 2 aliphatic rings. The molecule has 2 fully saturated rings. The van der Waals surface area contributed by atoms with Crippen LogP contribution >= 0.6 is 0 Å². The minimum absolute atomic E-state index is 0.145. The molecule has 0 aromatic carbocycles. The lowest BCUT2D eigenvalue weighted by Crippen LogP contribution is -2.43. The van der Waals surface area contributed by atoms with E-state index in [4.69, 9.17) is 0 Å². The van der Waals surface area contributed by atoms with E-state index >= 15 is 0 Å². The van der Waals surface area contributed by atoms with E-state index < -0.39 is 15.7 Å². The van der Waals surface area contributed by atoms with Crippen molar-refractivity contribution in [2.45, 2.75) is 63.6 Å². The molecule has 4 nitrogen and oxygen atoms in total. The highest BCUT2D eigenvalue weighted by molar-refractivity contribution is 7.88. The van der Waals surface area contributed by atoms with Crippen LogP contribution in [0, 0.1) is 5.92 Å². The molecule has 0 radical (unpaired) electrons. The average Bonchev–Trinajstić information content (AvgIpc) is 2.38. The van der Waals surface area contributed by atoms with Crippen LogP contribution in [-0.4, -0.2) is 50.3 Å². The first kappa shape index (κ1) is 17.2. The van der Waals surface area contributed by atoms with Crippen LogP contribution in [0.2, 0.25) is 0 Å². The molecular weight excluding hydrogens is 291 g/mol. The van der Waals surface area contributed by atoms with Crippen LogP contribution in [0.1, 0.15) is 51.9 Å². The fraction of sp³-hybridized carbons (Fsp3) is 1.00. The molecule has 1 N–H and O–H groups in total. The Labute approximate surface area is 128 Å². The van der Waals surface area contributed by atoms with E-state index in [1.165, 1.54) is 23.4 Å². The van der Waals surface area contributed by atoms with Gasteiger partial charge in [0.25, 0.3) is 0 Å². The van der Waals surface area contributed by atoms with Crippen LogP contribution in [0.25, 0.3) is 0 Å². The first-order valence-electron chi connectivity index (χ1n) is 8.14.